The first-order valence-electron chi connectivity index (χ1n) is 4.98. The van der Waals surface area contributed by atoms with Gasteiger partial charge in [0.15, 0.2) is 0 Å². The van der Waals surface area contributed by atoms with Gasteiger partial charge >= 0.3 is 0 Å². The number of amides is 1. The van der Waals surface area contributed by atoms with Crippen LogP contribution >= 0.6 is 11.6 Å². The molecule has 1 aromatic heterocycles. The van der Waals surface area contributed by atoms with Crippen molar-refractivity contribution < 1.29 is 9.53 Å². The highest BCUT2D eigenvalue weighted by Crippen LogP contribution is 2.03. The summed E-state index contributed by atoms with van der Waals surface area (Å²) in [5.41, 5.74) is 1.28. The molecule has 0 spiro atoms. The van der Waals surface area contributed by atoms with Crippen molar-refractivity contribution in [2.45, 2.75) is 12.3 Å². The van der Waals surface area contributed by atoms with Crippen LogP contribution in [0.5, 0.6) is 0 Å². The van der Waals surface area contributed by atoms with E-state index < -0.39 is 0 Å². The second kappa shape index (κ2) is 6.45. The summed E-state index contributed by atoms with van der Waals surface area (Å²) in [5, 5.41) is 2.52. The van der Waals surface area contributed by atoms with Crippen molar-refractivity contribution in [1.29, 1.82) is 0 Å². The average Bonchev–Trinajstić information content (AvgIpc) is 2.27. The maximum atomic E-state index is 11.7. The Balaban J connectivity index is 2.50. The summed E-state index contributed by atoms with van der Waals surface area (Å²) in [6.45, 7) is 2.58. The van der Waals surface area contributed by atoms with E-state index in [0.29, 0.717) is 24.4 Å². The molecule has 1 rings (SSSR count). The van der Waals surface area contributed by atoms with Crippen molar-refractivity contribution >= 4 is 17.5 Å². The number of nitrogens with one attached hydrogen (secondary N) is 1. The molecule has 0 fully saturated rings. The molecule has 4 nitrogen and oxygen atoms in total. The van der Waals surface area contributed by atoms with Gasteiger partial charge in [0, 0.05) is 25.5 Å². The molecule has 1 aromatic rings. The highest BCUT2D eigenvalue weighted by Gasteiger charge is 2.11. The molecule has 0 radical (unpaired) electrons. The van der Waals surface area contributed by atoms with Crippen molar-refractivity contribution in [3.8, 4) is 0 Å². The van der Waals surface area contributed by atoms with Gasteiger partial charge < -0.3 is 10.1 Å². The SMILES string of the molecule is COCC(Cl)CNC(=O)c1cccnc1C. The molecular formula is C11H15ClN2O2. The van der Waals surface area contributed by atoms with Crippen molar-refractivity contribution in [3.05, 3.63) is 29.6 Å². The Morgan fingerprint density at radius 2 is 2.44 bits per heavy atom. The van der Waals surface area contributed by atoms with E-state index in [1.807, 2.05) is 0 Å². The molecule has 0 aromatic carbocycles. The topological polar surface area (TPSA) is 51.2 Å². The minimum Gasteiger partial charge on any atom is -0.383 e. The fourth-order valence-electron chi connectivity index (χ4n) is 1.26. The molecule has 5 heteroatoms. The molecule has 1 amide bonds. The Bertz CT molecular complexity index is 358. The van der Waals surface area contributed by atoms with E-state index in [1.54, 1.807) is 32.4 Å². The summed E-state index contributed by atoms with van der Waals surface area (Å²) in [6, 6.07) is 3.46. The number of rotatable bonds is 5. The highest BCUT2D eigenvalue weighted by molar-refractivity contribution is 6.21. The number of ether oxygens (including phenoxy) is 1. The highest BCUT2D eigenvalue weighted by atomic mass is 35.5. The van der Waals surface area contributed by atoms with Crippen LogP contribution in [-0.4, -0.2) is 36.5 Å². The number of carbonyl (C=O) groups excluding carboxylic acids is 1. The van der Waals surface area contributed by atoms with Gasteiger partial charge in [-0.1, -0.05) is 0 Å². The van der Waals surface area contributed by atoms with E-state index in [-0.39, 0.29) is 11.3 Å². The molecule has 0 aliphatic rings. The number of aryl methyl sites for hydroxylation is 1. The van der Waals surface area contributed by atoms with E-state index in [2.05, 4.69) is 10.3 Å². The van der Waals surface area contributed by atoms with Crippen LogP contribution in [-0.2, 0) is 4.74 Å². The van der Waals surface area contributed by atoms with Gasteiger partial charge in [0.2, 0.25) is 0 Å². The number of aromatic nitrogens is 1. The van der Waals surface area contributed by atoms with Gasteiger partial charge in [-0.05, 0) is 19.1 Å². The van der Waals surface area contributed by atoms with Gasteiger partial charge in [0.25, 0.3) is 5.91 Å². The van der Waals surface area contributed by atoms with Crippen molar-refractivity contribution in [2.24, 2.45) is 0 Å². The fraction of sp³-hybridized carbons (Fsp3) is 0.455. The molecule has 1 N–H and O–H groups in total. The molecule has 88 valence electrons. The number of halogens is 1. The summed E-state index contributed by atoms with van der Waals surface area (Å²) in [6.07, 6.45) is 1.65. The Morgan fingerprint density at radius 3 is 3.06 bits per heavy atom. The van der Waals surface area contributed by atoms with Crippen LogP contribution in [0.25, 0.3) is 0 Å². The maximum absolute atomic E-state index is 11.7. The third kappa shape index (κ3) is 3.79. The second-order valence-corrected chi connectivity index (χ2v) is 4.02. The number of carbonyl (C=O) groups is 1. The molecule has 1 unspecified atom stereocenters. The number of hydrogen-bond donors (Lipinski definition) is 1. The largest absolute Gasteiger partial charge is 0.383 e. The zero-order valence-corrected chi connectivity index (χ0v) is 10.1. The Kier molecular flexibility index (Phi) is 5.22. The monoisotopic (exact) mass is 242 g/mol. The van der Waals surface area contributed by atoms with Crippen molar-refractivity contribution in [3.63, 3.8) is 0 Å². The van der Waals surface area contributed by atoms with E-state index in [0.717, 1.165) is 0 Å². The van der Waals surface area contributed by atoms with E-state index in [1.165, 1.54) is 0 Å². The number of hydrogen-bond acceptors (Lipinski definition) is 3. The predicted octanol–water partition coefficient (Wildman–Crippen LogP) is 1.37. The number of pyridine rings is 1. The standard InChI is InChI=1S/C11H15ClN2O2/c1-8-10(4-3-5-13-8)11(15)14-6-9(12)7-16-2/h3-5,9H,6-7H2,1-2H3,(H,14,15). The smallest absolute Gasteiger partial charge is 0.253 e. The van der Waals surface area contributed by atoms with Crippen LogP contribution in [0.1, 0.15) is 16.1 Å². The van der Waals surface area contributed by atoms with Crippen LogP contribution in [0.15, 0.2) is 18.3 Å². The molecule has 0 saturated carbocycles. The summed E-state index contributed by atoms with van der Waals surface area (Å²) >= 11 is 5.90. The van der Waals surface area contributed by atoms with Crippen LogP contribution in [0.2, 0.25) is 0 Å². The lowest BCUT2D eigenvalue weighted by molar-refractivity contribution is 0.0948. The third-order valence-electron chi connectivity index (χ3n) is 2.08. The third-order valence-corrected chi connectivity index (χ3v) is 2.36. The zero-order valence-electron chi connectivity index (χ0n) is 9.37. The van der Waals surface area contributed by atoms with E-state index in [4.69, 9.17) is 16.3 Å². The minimum atomic E-state index is -0.217. The van der Waals surface area contributed by atoms with Crippen molar-refractivity contribution in [1.82, 2.24) is 10.3 Å². The van der Waals surface area contributed by atoms with Gasteiger partial charge in [0.1, 0.15) is 0 Å². The average molecular weight is 243 g/mol. The van der Waals surface area contributed by atoms with Crippen LogP contribution in [0.3, 0.4) is 0 Å². The Morgan fingerprint density at radius 1 is 1.69 bits per heavy atom. The van der Waals surface area contributed by atoms with Gasteiger partial charge in [-0.3, -0.25) is 9.78 Å². The van der Waals surface area contributed by atoms with Crippen LogP contribution in [0.4, 0.5) is 0 Å². The first-order chi connectivity index (χ1) is 7.65. The maximum Gasteiger partial charge on any atom is 0.253 e. The van der Waals surface area contributed by atoms with Crippen LogP contribution in [0, 0.1) is 6.92 Å². The lowest BCUT2D eigenvalue weighted by Gasteiger charge is -2.10. The number of methoxy groups -OCH3 is 1. The molecule has 1 atom stereocenters. The summed E-state index contributed by atoms with van der Waals surface area (Å²) < 4.78 is 4.87. The molecule has 1 heterocycles. The lowest BCUT2D eigenvalue weighted by Crippen LogP contribution is -2.32. The van der Waals surface area contributed by atoms with Gasteiger partial charge in [0.05, 0.1) is 17.5 Å². The summed E-state index contributed by atoms with van der Waals surface area (Å²) in [5.74, 6) is -0.160. The Hall–Kier alpha value is -1.13. The zero-order chi connectivity index (χ0) is 12.0. The van der Waals surface area contributed by atoms with Crippen LogP contribution < -0.4 is 5.32 Å². The molecular weight excluding hydrogens is 228 g/mol. The molecule has 0 aliphatic heterocycles. The minimum absolute atomic E-state index is 0.160. The lowest BCUT2D eigenvalue weighted by atomic mass is 10.2. The number of nitrogens with zero attached hydrogens (tertiary/aromatic N) is 1. The predicted molar refractivity (Wildman–Crippen MR) is 62.8 cm³/mol. The van der Waals surface area contributed by atoms with E-state index in [9.17, 15) is 4.79 Å². The summed E-state index contributed by atoms with van der Waals surface area (Å²) in [4.78, 5) is 15.8. The molecule has 0 saturated heterocycles. The second-order valence-electron chi connectivity index (χ2n) is 3.40. The first kappa shape index (κ1) is 12.9. The summed E-state index contributed by atoms with van der Waals surface area (Å²) in [7, 11) is 1.57. The first-order valence-corrected chi connectivity index (χ1v) is 5.41. The fourth-order valence-corrected chi connectivity index (χ4v) is 1.47. The Labute approximate surface area is 100.0 Å². The van der Waals surface area contributed by atoms with E-state index >= 15 is 0 Å². The molecule has 16 heavy (non-hydrogen) atoms. The number of alkyl halides is 1. The molecule has 0 bridgehead atoms. The van der Waals surface area contributed by atoms with Gasteiger partial charge in [-0.25, -0.2) is 0 Å². The molecule has 0 aliphatic carbocycles. The van der Waals surface area contributed by atoms with Gasteiger partial charge in [-0.2, -0.15) is 0 Å². The van der Waals surface area contributed by atoms with Crippen molar-refractivity contribution in [2.75, 3.05) is 20.3 Å². The van der Waals surface area contributed by atoms with Gasteiger partial charge in [-0.15, -0.1) is 11.6 Å². The normalized spacial score (nSPS) is 12.2. The quantitative estimate of drug-likeness (QED) is 0.794.